The number of nitrogens with one attached hydrogen (secondary N) is 9. The van der Waals surface area contributed by atoms with Gasteiger partial charge in [0, 0.05) is 132 Å². The third-order valence-electron chi connectivity index (χ3n) is 19.6. The minimum absolute atomic E-state index is 0.00113. The predicted molar refractivity (Wildman–Crippen MR) is 359 cm³/mol. The van der Waals surface area contributed by atoms with E-state index in [4.69, 9.17) is 5.73 Å². The van der Waals surface area contributed by atoms with Crippen LogP contribution in [0.4, 0.5) is 0 Å². The first-order valence-corrected chi connectivity index (χ1v) is 34.0. The highest BCUT2D eigenvalue weighted by Gasteiger charge is 2.39. The van der Waals surface area contributed by atoms with Crippen molar-refractivity contribution in [2.24, 2.45) is 23.7 Å². The molecule has 1 radical (unpaired) electrons. The van der Waals surface area contributed by atoms with Crippen molar-refractivity contribution in [1.29, 1.82) is 0 Å². The molecule has 98 heavy (non-hydrogen) atoms. The number of aromatic nitrogens is 4. The minimum Gasteiger partial charge on any atom is -0.481 e. The van der Waals surface area contributed by atoms with Gasteiger partial charge in [-0.2, -0.15) is 0 Å². The van der Waals surface area contributed by atoms with Gasteiger partial charge in [-0.15, -0.1) is 0 Å². The molecule has 4 aromatic rings. The standard InChI is InChI=1S/C69H96N17O12/c1-83-31-23-47(61(83)43-9-5-27-71-35-43)39-75-56(87)18-13-51(70)65(93)79-52(14-19-57(88)76-40-48-24-32-84(2)62(48)44-10-6-28-72-36-44)66(94)80-53(15-20-58(89)77-41-49-25-33-85(3)63(49)45-11-7-29-73-37-45)67(95)81-54(68(96)82-55(69(97)98)17-22-60(91)92)16-21-59(90)78-42-50-26-34-86(4)64(50)46-12-8-30-74-38-46/h5-12,27-30,35-38,47-55,61-64,70H,13-26,31-34,39-42H2,1-4H3,(H,75,87)(H,76,88)(H,77,89)(H,78,90)(H,79,93)(H,80,94)(H,81,95)(H,82,96)(H,91,92)(H,97,98). The summed E-state index contributed by atoms with van der Waals surface area (Å²) in [6, 6.07) is 6.81. The van der Waals surface area contributed by atoms with E-state index < -0.39 is 109 Å². The molecule has 4 aromatic heterocycles. The molecule has 4 aliphatic rings. The SMILES string of the molecule is CN1CCC(CNC(=O)CCC([NH])C(=O)NC(CCC(=O)NCC2CCN(C)C2c2cccnc2)C(=O)NC(CCC(=O)NCC2CCN(C)C2c2cccnc2)C(=O)NC(CCC(=O)NCC2CCN(C)C2c2cccnc2)C(=O)NC(CCC(=O)O)C(=O)O)C1c1cccnc1. The zero-order valence-electron chi connectivity index (χ0n) is 56.4. The van der Waals surface area contributed by atoms with Crippen LogP contribution in [0.3, 0.4) is 0 Å². The number of pyridine rings is 4. The molecule has 13 unspecified atom stereocenters. The summed E-state index contributed by atoms with van der Waals surface area (Å²) in [6.07, 6.45) is 13.0. The Labute approximate surface area is 571 Å². The van der Waals surface area contributed by atoms with Crippen molar-refractivity contribution in [3.8, 4) is 0 Å². The number of carboxylic acid groups (broad SMARTS) is 2. The molecule has 8 amide bonds. The fourth-order valence-electron chi connectivity index (χ4n) is 14.3. The second-order valence-corrected chi connectivity index (χ2v) is 26.5. The first-order valence-electron chi connectivity index (χ1n) is 34.0. The number of amides is 8. The first kappa shape index (κ1) is 74.9. The molecule has 11 N–H and O–H groups in total. The maximum Gasteiger partial charge on any atom is 0.326 e. The number of aliphatic carboxylic acids is 2. The van der Waals surface area contributed by atoms with Crippen molar-refractivity contribution >= 4 is 59.2 Å². The number of hydrogen-bond acceptors (Lipinski definition) is 18. The van der Waals surface area contributed by atoms with Gasteiger partial charge in [0.25, 0.3) is 0 Å². The number of rotatable bonds is 36. The van der Waals surface area contributed by atoms with Crippen LogP contribution in [0.15, 0.2) is 98.1 Å². The van der Waals surface area contributed by atoms with Crippen LogP contribution in [0, 0.1) is 23.7 Å². The Bertz CT molecular complexity index is 3310. The first-order chi connectivity index (χ1) is 47.1. The van der Waals surface area contributed by atoms with Gasteiger partial charge in [-0.1, -0.05) is 24.3 Å². The van der Waals surface area contributed by atoms with Crippen LogP contribution >= 0.6 is 0 Å². The van der Waals surface area contributed by atoms with Gasteiger partial charge in [-0.3, -0.25) is 82.7 Å². The molecule has 13 atom stereocenters. The van der Waals surface area contributed by atoms with Gasteiger partial charge >= 0.3 is 11.9 Å². The number of carbonyl (C=O) groups is 10. The fourth-order valence-corrected chi connectivity index (χ4v) is 14.3. The molecule has 8 rings (SSSR count). The van der Waals surface area contributed by atoms with E-state index >= 15 is 0 Å². The molecule has 4 aliphatic heterocycles. The summed E-state index contributed by atoms with van der Waals surface area (Å²) < 4.78 is 0. The number of carbonyl (C=O) groups excluding carboxylic acids is 8. The van der Waals surface area contributed by atoms with Gasteiger partial charge < -0.3 is 52.7 Å². The van der Waals surface area contributed by atoms with Crippen molar-refractivity contribution in [2.75, 3.05) is 80.5 Å². The number of nitrogens with zero attached hydrogens (tertiary/aromatic N) is 8. The molecule has 0 aromatic carbocycles. The molecule has 8 heterocycles. The molecule has 0 saturated carbocycles. The Balaban J connectivity index is 1.00. The summed E-state index contributed by atoms with van der Waals surface area (Å²) in [7, 11) is 7.96. The van der Waals surface area contributed by atoms with Gasteiger partial charge in [0.15, 0.2) is 0 Å². The number of hydrogen-bond donors (Lipinski definition) is 10. The molecular formula is C69H96N17O12. The van der Waals surface area contributed by atoms with Gasteiger partial charge in [-0.25, -0.2) is 10.5 Å². The maximum absolute atomic E-state index is 15.0. The van der Waals surface area contributed by atoms with Gasteiger partial charge in [0.1, 0.15) is 30.2 Å². The molecule has 29 heteroatoms. The normalized spacial score (nSPS) is 22.7. The lowest BCUT2D eigenvalue weighted by Gasteiger charge is -2.27. The highest BCUT2D eigenvalue weighted by molar-refractivity contribution is 5.96. The van der Waals surface area contributed by atoms with E-state index in [0.29, 0.717) is 6.54 Å². The van der Waals surface area contributed by atoms with Crippen LogP contribution in [-0.2, 0) is 47.9 Å². The highest BCUT2D eigenvalue weighted by atomic mass is 16.4. The Morgan fingerprint density at radius 3 is 0.939 bits per heavy atom. The Kier molecular flexibility index (Phi) is 28.4. The van der Waals surface area contributed by atoms with Crippen molar-refractivity contribution < 1.29 is 58.2 Å². The number of carboxylic acids is 2. The quantitative estimate of drug-likeness (QED) is 0.0308. The molecule has 4 fully saturated rings. The molecule has 0 spiro atoms. The third kappa shape index (κ3) is 21.8. The molecule has 0 aliphatic carbocycles. The van der Waals surface area contributed by atoms with Gasteiger partial charge in [-0.05, 0) is 182 Å². The van der Waals surface area contributed by atoms with Crippen molar-refractivity contribution in [3.63, 3.8) is 0 Å². The van der Waals surface area contributed by atoms with Crippen LogP contribution in [0.2, 0.25) is 0 Å². The van der Waals surface area contributed by atoms with Crippen LogP contribution in [0.25, 0.3) is 0 Å². The van der Waals surface area contributed by atoms with E-state index in [1.165, 1.54) is 0 Å². The van der Waals surface area contributed by atoms with Gasteiger partial charge in [0.2, 0.25) is 47.3 Å². The summed E-state index contributed by atoms with van der Waals surface area (Å²) >= 11 is 0. The van der Waals surface area contributed by atoms with Crippen LogP contribution < -0.4 is 48.3 Å². The summed E-state index contributed by atoms with van der Waals surface area (Å²) in [5.74, 6) is -8.86. The van der Waals surface area contributed by atoms with E-state index in [1.807, 2.05) is 76.7 Å². The summed E-state index contributed by atoms with van der Waals surface area (Å²) in [4.78, 5) is 163. The van der Waals surface area contributed by atoms with E-state index in [9.17, 15) is 58.2 Å². The van der Waals surface area contributed by atoms with Crippen molar-refractivity contribution in [1.82, 2.24) is 87.8 Å². The third-order valence-corrected chi connectivity index (χ3v) is 19.6. The largest absolute Gasteiger partial charge is 0.481 e. The predicted octanol–water partition coefficient (Wildman–Crippen LogP) is 1.46. The zero-order valence-corrected chi connectivity index (χ0v) is 56.4. The van der Waals surface area contributed by atoms with Crippen molar-refractivity contribution in [2.45, 2.75) is 144 Å². The highest BCUT2D eigenvalue weighted by Crippen LogP contribution is 2.38. The van der Waals surface area contributed by atoms with Crippen LogP contribution in [0.5, 0.6) is 0 Å². The topological polar surface area (TPSA) is 396 Å². The second-order valence-electron chi connectivity index (χ2n) is 26.5. The van der Waals surface area contributed by atoms with E-state index in [2.05, 4.69) is 82.1 Å². The Morgan fingerprint density at radius 2 is 0.673 bits per heavy atom. The lowest BCUT2D eigenvalue weighted by atomic mass is 9.94. The molecule has 4 saturated heterocycles. The Morgan fingerprint density at radius 1 is 0.408 bits per heavy atom. The molecule has 529 valence electrons. The van der Waals surface area contributed by atoms with Crippen LogP contribution in [0.1, 0.15) is 136 Å². The van der Waals surface area contributed by atoms with E-state index in [1.54, 1.807) is 49.6 Å². The van der Waals surface area contributed by atoms with Crippen molar-refractivity contribution in [3.05, 3.63) is 120 Å². The second kappa shape index (κ2) is 37.2. The zero-order chi connectivity index (χ0) is 70.3. The minimum atomic E-state index is -1.74. The summed E-state index contributed by atoms with van der Waals surface area (Å²) in [6.45, 7) is 4.16. The lowest BCUT2D eigenvalue weighted by Crippen LogP contribution is -2.58. The van der Waals surface area contributed by atoms with Gasteiger partial charge in [0.05, 0.1) is 0 Å². The fraction of sp³-hybridized carbons (Fsp3) is 0.565. The van der Waals surface area contributed by atoms with E-state index in [-0.39, 0.29) is 112 Å². The smallest absolute Gasteiger partial charge is 0.326 e. The lowest BCUT2D eigenvalue weighted by molar-refractivity contribution is -0.143. The molecular weight excluding hydrogens is 1260 g/mol. The average molecular weight is 1360 g/mol. The maximum atomic E-state index is 15.0. The number of likely N-dealkylation sites (tertiary alicyclic amines) is 4. The molecule has 0 bridgehead atoms. The van der Waals surface area contributed by atoms with Crippen LogP contribution in [-0.4, -0.2) is 220 Å². The summed E-state index contributed by atoms with van der Waals surface area (Å²) in [5, 5.41) is 41.5. The Hall–Kier alpha value is -8.90. The monoisotopic (exact) mass is 1350 g/mol. The van der Waals surface area contributed by atoms with E-state index in [0.717, 1.165) is 74.1 Å². The molecule has 29 nitrogen and oxygen atoms in total. The summed E-state index contributed by atoms with van der Waals surface area (Å²) in [5.41, 5.74) is 12.8. The average Bonchev–Trinajstić information content (AvgIpc) is 1.69.